The van der Waals surface area contributed by atoms with E-state index in [1.807, 2.05) is 0 Å². The number of anilines is 2. The van der Waals surface area contributed by atoms with Gasteiger partial charge in [-0.2, -0.15) is 0 Å². The summed E-state index contributed by atoms with van der Waals surface area (Å²) in [5, 5.41) is 17.7. The first-order chi connectivity index (χ1) is 21.8. The smallest absolute Gasteiger partial charge is 0.326 e. The Balaban J connectivity index is 1.50. The molecule has 0 aliphatic heterocycles. The summed E-state index contributed by atoms with van der Waals surface area (Å²) in [4.78, 5) is 37.2. The van der Waals surface area contributed by atoms with Crippen LogP contribution in [-0.4, -0.2) is 51.7 Å². The van der Waals surface area contributed by atoms with Crippen molar-refractivity contribution in [2.45, 2.75) is 22.3 Å². The first-order valence-corrected chi connectivity index (χ1v) is 15.9. The van der Waals surface area contributed by atoms with E-state index in [1.165, 1.54) is 62.8 Å². The predicted octanol–water partition coefficient (Wildman–Crippen LogP) is 6.57. The van der Waals surface area contributed by atoms with E-state index in [2.05, 4.69) is 16.0 Å². The summed E-state index contributed by atoms with van der Waals surface area (Å²) in [6, 6.07) is 16.5. The Hall–Kier alpha value is -4.49. The van der Waals surface area contributed by atoms with Gasteiger partial charge >= 0.3 is 12.0 Å². The fourth-order valence-electron chi connectivity index (χ4n) is 4.33. The van der Waals surface area contributed by atoms with Crippen LogP contribution in [0.2, 0.25) is 15.1 Å². The van der Waals surface area contributed by atoms with Crippen molar-refractivity contribution in [1.82, 2.24) is 5.32 Å². The van der Waals surface area contributed by atoms with Crippen LogP contribution in [0.1, 0.15) is 15.9 Å². The van der Waals surface area contributed by atoms with E-state index in [0.717, 1.165) is 0 Å². The highest BCUT2D eigenvalue weighted by atomic mass is 35.5. The quantitative estimate of drug-likeness (QED) is 0.136. The normalized spacial score (nSPS) is 11.7. The number of nitrogens with one attached hydrogen (secondary N) is 3. The van der Waals surface area contributed by atoms with Crippen LogP contribution in [-0.2, 0) is 21.1 Å². The highest BCUT2D eigenvalue weighted by Crippen LogP contribution is 2.36. The van der Waals surface area contributed by atoms with Crippen LogP contribution in [0.25, 0.3) is 0 Å². The Morgan fingerprint density at radius 1 is 0.826 bits per heavy atom. The lowest BCUT2D eigenvalue weighted by Gasteiger charge is -2.18. The number of carboxylic acids is 1. The number of ether oxygens (including phenoxy) is 2. The zero-order chi connectivity index (χ0) is 33.6. The molecule has 0 saturated heterocycles. The number of aliphatic carboxylic acids is 1. The molecule has 0 aromatic heterocycles. The molecule has 4 aromatic rings. The van der Waals surface area contributed by atoms with Gasteiger partial charge in [-0.05, 0) is 60.2 Å². The molecule has 0 bridgehead atoms. The summed E-state index contributed by atoms with van der Waals surface area (Å²) in [6.07, 6.45) is -0.144. The summed E-state index contributed by atoms with van der Waals surface area (Å²) in [7, 11) is -1.62. The Bertz CT molecular complexity index is 1880. The highest BCUT2D eigenvalue weighted by molar-refractivity contribution is 7.91. The first kappa shape index (κ1) is 34.4. The number of sulfone groups is 1. The van der Waals surface area contributed by atoms with Gasteiger partial charge in [-0.25, -0.2) is 18.0 Å². The summed E-state index contributed by atoms with van der Waals surface area (Å²) < 4.78 is 37.8. The summed E-state index contributed by atoms with van der Waals surface area (Å²) >= 11 is 18.3. The zero-order valence-electron chi connectivity index (χ0n) is 24.1. The number of carbonyl (C=O) groups excluding carboxylic acids is 2. The topological polar surface area (TPSA) is 160 Å². The second-order valence-electron chi connectivity index (χ2n) is 9.60. The lowest BCUT2D eigenvalue weighted by atomic mass is 10.1. The minimum absolute atomic E-state index is 0.0374. The maximum Gasteiger partial charge on any atom is 0.326 e. The van der Waals surface area contributed by atoms with E-state index in [1.54, 1.807) is 30.3 Å². The number of halogens is 3. The van der Waals surface area contributed by atoms with Crippen LogP contribution in [0.15, 0.2) is 88.7 Å². The minimum atomic E-state index is -4.30. The van der Waals surface area contributed by atoms with E-state index in [9.17, 15) is 27.9 Å². The lowest BCUT2D eigenvalue weighted by Crippen LogP contribution is -2.44. The van der Waals surface area contributed by atoms with Crippen molar-refractivity contribution in [3.8, 4) is 11.5 Å². The standard InChI is InChI=1S/C31H26Cl3N3O8S/c1-44-20-11-12-25(45-2)27(16-20)46(42,43)26-13-8-18(32)15-23(26)36-31(41)37-24(30(39)40)14-17-6-9-19(10-7-17)35-29(38)28-21(33)4-3-5-22(28)34/h3-13,15-16,24H,14H2,1-2H3,(H,35,38)(H,39,40)(H2,36,37,41). The molecule has 0 radical (unpaired) electrons. The van der Waals surface area contributed by atoms with Gasteiger partial charge < -0.3 is 30.5 Å². The molecule has 0 saturated carbocycles. The van der Waals surface area contributed by atoms with Crippen molar-refractivity contribution in [3.63, 3.8) is 0 Å². The molecule has 1 unspecified atom stereocenters. The number of methoxy groups -OCH3 is 2. The van der Waals surface area contributed by atoms with Crippen LogP contribution in [0.4, 0.5) is 16.2 Å². The Morgan fingerprint density at radius 2 is 1.50 bits per heavy atom. The van der Waals surface area contributed by atoms with E-state index in [0.29, 0.717) is 11.3 Å². The molecule has 1 atom stereocenters. The summed E-state index contributed by atoms with van der Waals surface area (Å²) in [5.41, 5.74) is 0.814. The predicted molar refractivity (Wildman–Crippen MR) is 175 cm³/mol. The van der Waals surface area contributed by atoms with Crippen molar-refractivity contribution in [2.24, 2.45) is 0 Å². The highest BCUT2D eigenvalue weighted by Gasteiger charge is 2.28. The molecule has 0 fully saturated rings. The minimum Gasteiger partial charge on any atom is -0.497 e. The molecular weight excluding hydrogens is 681 g/mol. The van der Waals surface area contributed by atoms with Gasteiger partial charge in [0.1, 0.15) is 22.4 Å². The molecule has 4 N–H and O–H groups in total. The maximum atomic E-state index is 13.7. The molecule has 46 heavy (non-hydrogen) atoms. The fourth-order valence-corrected chi connectivity index (χ4v) is 6.64. The third-order valence-corrected chi connectivity index (χ3v) is 9.28. The number of urea groups is 1. The summed E-state index contributed by atoms with van der Waals surface area (Å²) in [6.45, 7) is 0. The Kier molecular flexibility index (Phi) is 11.0. The van der Waals surface area contributed by atoms with Crippen LogP contribution >= 0.6 is 34.8 Å². The third-order valence-electron chi connectivity index (χ3n) is 6.58. The number of hydrogen-bond acceptors (Lipinski definition) is 7. The van der Waals surface area contributed by atoms with E-state index in [-0.39, 0.29) is 54.0 Å². The van der Waals surface area contributed by atoms with Crippen molar-refractivity contribution in [1.29, 1.82) is 0 Å². The molecule has 11 nitrogen and oxygen atoms in total. The third kappa shape index (κ3) is 8.01. The van der Waals surface area contributed by atoms with Crippen LogP contribution in [0.3, 0.4) is 0 Å². The fraction of sp³-hybridized carbons (Fsp3) is 0.129. The van der Waals surface area contributed by atoms with Gasteiger partial charge in [0.05, 0.1) is 40.4 Å². The SMILES string of the molecule is COc1ccc(OC)c(S(=O)(=O)c2ccc(Cl)cc2NC(=O)NC(Cc2ccc(NC(=O)c3c(Cl)cccc3Cl)cc2)C(=O)O)c1. The molecule has 4 aromatic carbocycles. The van der Waals surface area contributed by atoms with Gasteiger partial charge in [-0.1, -0.05) is 53.0 Å². The van der Waals surface area contributed by atoms with E-state index >= 15 is 0 Å². The zero-order valence-corrected chi connectivity index (χ0v) is 27.2. The molecule has 4 rings (SSSR count). The number of carbonyl (C=O) groups is 3. The number of rotatable bonds is 11. The average Bonchev–Trinajstić information content (AvgIpc) is 3.01. The van der Waals surface area contributed by atoms with Gasteiger partial charge in [0.25, 0.3) is 5.91 Å². The van der Waals surface area contributed by atoms with Crippen molar-refractivity contribution in [3.05, 3.63) is 105 Å². The van der Waals surface area contributed by atoms with Gasteiger partial charge in [-0.15, -0.1) is 0 Å². The number of hydrogen-bond donors (Lipinski definition) is 4. The van der Waals surface area contributed by atoms with Gasteiger partial charge in [0, 0.05) is 23.2 Å². The van der Waals surface area contributed by atoms with Crippen molar-refractivity contribution in [2.75, 3.05) is 24.9 Å². The molecular formula is C31H26Cl3N3O8S. The monoisotopic (exact) mass is 705 g/mol. The number of carboxylic acid groups (broad SMARTS) is 1. The van der Waals surface area contributed by atoms with Crippen LogP contribution < -0.4 is 25.4 Å². The molecule has 0 spiro atoms. The average molecular weight is 707 g/mol. The van der Waals surface area contributed by atoms with E-state index in [4.69, 9.17) is 44.3 Å². The van der Waals surface area contributed by atoms with E-state index < -0.39 is 33.8 Å². The van der Waals surface area contributed by atoms with Crippen molar-refractivity contribution < 1.29 is 37.4 Å². The molecule has 0 aliphatic rings. The molecule has 0 aliphatic carbocycles. The Labute approximate surface area is 279 Å². The lowest BCUT2D eigenvalue weighted by molar-refractivity contribution is -0.139. The number of amides is 3. The molecule has 15 heteroatoms. The van der Waals surface area contributed by atoms with Gasteiger partial charge in [0.2, 0.25) is 9.84 Å². The second-order valence-corrected chi connectivity index (χ2v) is 12.7. The van der Waals surface area contributed by atoms with Gasteiger partial charge in [0.15, 0.2) is 0 Å². The molecule has 0 heterocycles. The molecule has 3 amide bonds. The van der Waals surface area contributed by atoms with Gasteiger partial charge in [-0.3, -0.25) is 4.79 Å². The van der Waals surface area contributed by atoms with Crippen LogP contribution in [0.5, 0.6) is 11.5 Å². The summed E-state index contributed by atoms with van der Waals surface area (Å²) in [5.74, 6) is -1.58. The number of benzene rings is 4. The first-order valence-electron chi connectivity index (χ1n) is 13.2. The second kappa shape index (κ2) is 14.7. The maximum absolute atomic E-state index is 13.7. The Morgan fingerprint density at radius 3 is 2.11 bits per heavy atom. The van der Waals surface area contributed by atoms with Crippen LogP contribution in [0, 0.1) is 0 Å². The largest absolute Gasteiger partial charge is 0.497 e. The van der Waals surface area contributed by atoms with Crippen molar-refractivity contribution >= 4 is 73.9 Å². The molecule has 240 valence electrons.